The molecular weight excluding hydrogens is 242 g/mol. The van der Waals surface area contributed by atoms with E-state index >= 15 is 0 Å². The van der Waals surface area contributed by atoms with E-state index in [1.807, 2.05) is 0 Å². The van der Waals surface area contributed by atoms with Crippen LogP contribution in [0.1, 0.15) is 58.8 Å². The Hall–Kier alpha value is -1.10. The third kappa shape index (κ3) is 8.59. The number of unbranched alkanes of at least 4 members (excludes halogenated alkanes) is 4. The number of hydrogen-bond acceptors (Lipinski definition) is 3. The summed E-state index contributed by atoms with van der Waals surface area (Å²) in [7, 11) is 0. The van der Waals surface area contributed by atoms with Crippen LogP contribution in [0.5, 0.6) is 0 Å². The highest BCUT2D eigenvalue weighted by molar-refractivity contribution is 5.87. The first-order valence-electron chi connectivity index (χ1n) is 7.35. The maximum Gasteiger partial charge on any atom is 0.240 e. The summed E-state index contributed by atoms with van der Waals surface area (Å²) >= 11 is 0. The van der Waals surface area contributed by atoms with Crippen LogP contribution < -0.4 is 11.5 Å². The van der Waals surface area contributed by atoms with Gasteiger partial charge in [-0.25, -0.2) is 0 Å². The van der Waals surface area contributed by atoms with Crippen molar-refractivity contribution < 1.29 is 9.59 Å². The van der Waals surface area contributed by atoms with E-state index in [0.29, 0.717) is 0 Å². The van der Waals surface area contributed by atoms with Gasteiger partial charge in [0.15, 0.2) is 0 Å². The van der Waals surface area contributed by atoms with Gasteiger partial charge in [0.05, 0.1) is 12.5 Å². The first-order valence-corrected chi connectivity index (χ1v) is 7.35. The predicted molar refractivity (Wildman–Crippen MR) is 77.4 cm³/mol. The number of hydrogen-bond donors (Lipinski definition) is 2. The Bertz CT molecular complexity index is 259. The van der Waals surface area contributed by atoms with E-state index in [2.05, 4.69) is 13.8 Å². The summed E-state index contributed by atoms with van der Waals surface area (Å²) in [6.45, 7) is 5.70. The van der Waals surface area contributed by atoms with Crippen LogP contribution in [0.3, 0.4) is 0 Å². The van der Waals surface area contributed by atoms with E-state index in [1.54, 1.807) is 4.90 Å². The van der Waals surface area contributed by atoms with Gasteiger partial charge in [-0.2, -0.15) is 0 Å². The molecule has 1 atom stereocenters. The Labute approximate surface area is 116 Å². The molecule has 5 nitrogen and oxygen atoms in total. The second kappa shape index (κ2) is 10.8. The molecule has 0 aromatic rings. The Morgan fingerprint density at radius 1 is 1.00 bits per heavy atom. The smallest absolute Gasteiger partial charge is 0.240 e. The molecular formula is C14H29N3O2. The van der Waals surface area contributed by atoms with Gasteiger partial charge in [-0.05, 0) is 12.8 Å². The Balaban J connectivity index is 4.33. The number of carbonyl (C=O) groups is 2. The topological polar surface area (TPSA) is 89.4 Å². The van der Waals surface area contributed by atoms with E-state index in [1.165, 1.54) is 0 Å². The van der Waals surface area contributed by atoms with E-state index in [0.717, 1.165) is 51.6 Å². The SMILES string of the molecule is CCCCCN(CCCCC)C(=O)C(N)CC(N)=O. The molecule has 0 aromatic heterocycles. The van der Waals surface area contributed by atoms with E-state index in [-0.39, 0.29) is 12.3 Å². The molecule has 0 rings (SSSR count). The standard InChI is InChI=1S/C14H29N3O2/c1-3-5-7-9-17(10-8-6-4-2)14(19)12(15)11-13(16)18/h12H,3-11,15H2,1-2H3,(H2,16,18). The van der Waals surface area contributed by atoms with Gasteiger partial charge in [0.25, 0.3) is 0 Å². The van der Waals surface area contributed by atoms with Crippen molar-refractivity contribution in [1.29, 1.82) is 0 Å². The summed E-state index contributed by atoms with van der Waals surface area (Å²) in [5, 5.41) is 0. The fourth-order valence-corrected chi connectivity index (χ4v) is 1.98. The van der Waals surface area contributed by atoms with Crippen LogP contribution in [0.4, 0.5) is 0 Å². The molecule has 5 heteroatoms. The van der Waals surface area contributed by atoms with Crippen molar-refractivity contribution in [3.05, 3.63) is 0 Å². The molecule has 2 amide bonds. The van der Waals surface area contributed by atoms with Crippen molar-refractivity contribution in [2.24, 2.45) is 11.5 Å². The average Bonchev–Trinajstić information content (AvgIpc) is 2.35. The maximum absolute atomic E-state index is 12.2. The Morgan fingerprint density at radius 2 is 1.47 bits per heavy atom. The van der Waals surface area contributed by atoms with Gasteiger partial charge in [0.1, 0.15) is 0 Å². The lowest BCUT2D eigenvalue weighted by Crippen LogP contribution is -2.46. The Kier molecular flexibility index (Phi) is 10.2. The van der Waals surface area contributed by atoms with E-state index in [4.69, 9.17) is 11.5 Å². The van der Waals surface area contributed by atoms with E-state index < -0.39 is 11.9 Å². The number of amides is 2. The first kappa shape index (κ1) is 17.9. The molecule has 1 unspecified atom stereocenters. The largest absolute Gasteiger partial charge is 0.370 e. The average molecular weight is 271 g/mol. The predicted octanol–water partition coefficient (Wildman–Crippen LogP) is 1.40. The van der Waals surface area contributed by atoms with Gasteiger partial charge in [0, 0.05) is 13.1 Å². The number of carbonyl (C=O) groups excluding carboxylic acids is 2. The minimum absolute atomic E-state index is 0.0725. The summed E-state index contributed by atoms with van der Waals surface area (Å²) < 4.78 is 0. The van der Waals surface area contributed by atoms with Gasteiger partial charge in [-0.1, -0.05) is 39.5 Å². The second-order valence-corrected chi connectivity index (χ2v) is 5.02. The summed E-state index contributed by atoms with van der Waals surface area (Å²) in [5.41, 5.74) is 10.8. The van der Waals surface area contributed by atoms with Crippen molar-refractivity contribution in [1.82, 2.24) is 4.90 Å². The van der Waals surface area contributed by atoms with Crippen LogP contribution >= 0.6 is 0 Å². The number of rotatable bonds is 11. The molecule has 112 valence electrons. The highest BCUT2D eigenvalue weighted by Gasteiger charge is 2.21. The minimum atomic E-state index is -0.791. The van der Waals surface area contributed by atoms with Crippen LogP contribution in [-0.2, 0) is 9.59 Å². The number of primary amides is 1. The lowest BCUT2D eigenvalue weighted by molar-refractivity contribution is -0.134. The molecule has 0 spiro atoms. The maximum atomic E-state index is 12.2. The molecule has 0 aromatic carbocycles. The first-order chi connectivity index (χ1) is 9.02. The van der Waals surface area contributed by atoms with Crippen molar-refractivity contribution in [3.8, 4) is 0 Å². The molecule has 0 fully saturated rings. The zero-order valence-electron chi connectivity index (χ0n) is 12.4. The zero-order valence-corrected chi connectivity index (χ0v) is 12.4. The van der Waals surface area contributed by atoms with Crippen LogP contribution in [0.2, 0.25) is 0 Å². The summed E-state index contributed by atoms with van der Waals surface area (Å²) in [6, 6.07) is -0.791. The Morgan fingerprint density at radius 3 is 1.84 bits per heavy atom. The summed E-state index contributed by atoms with van der Waals surface area (Å²) in [5.74, 6) is -0.672. The monoisotopic (exact) mass is 271 g/mol. The summed E-state index contributed by atoms with van der Waals surface area (Å²) in [4.78, 5) is 24.8. The molecule has 4 N–H and O–H groups in total. The molecule has 0 aliphatic heterocycles. The van der Waals surface area contributed by atoms with Crippen LogP contribution in [0.15, 0.2) is 0 Å². The van der Waals surface area contributed by atoms with Crippen LogP contribution in [0.25, 0.3) is 0 Å². The van der Waals surface area contributed by atoms with Crippen molar-refractivity contribution in [2.75, 3.05) is 13.1 Å². The molecule has 0 heterocycles. The van der Waals surface area contributed by atoms with Gasteiger partial charge < -0.3 is 16.4 Å². The second-order valence-electron chi connectivity index (χ2n) is 5.02. The lowest BCUT2D eigenvalue weighted by atomic mass is 10.1. The lowest BCUT2D eigenvalue weighted by Gasteiger charge is -2.25. The van der Waals surface area contributed by atoms with Crippen molar-refractivity contribution in [2.45, 2.75) is 64.8 Å². The number of nitrogens with two attached hydrogens (primary N) is 2. The fourth-order valence-electron chi connectivity index (χ4n) is 1.98. The van der Waals surface area contributed by atoms with Gasteiger partial charge >= 0.3 is 0 Å². The third-order valence-corrected chi connectivity index (χ3v) is 3.11. The molecule has 0 aliphatic rings. The molecule has 0 radical (unpaired) electrons. The van der Waals surface area contributed by atoms with Gasteiger partial charge in [-0.3, -0.25) is 9.59 Å². The summed E-state index contributed by atoms with van der Waals surface area (Å²) in [6.07, 6.45) is 6.33. The van der Waals surface area contributed by atoms with E-state index in [9.17, 15) is 9.59 Å². The molecule has 19 heavy (non-hydrogen) atoms. The van der Waals surface area contributed by atoms with Gasteiger partial charge in [0.2, 0.25) is 11.8 Å². The highest BCUT2D eigenvalue weighted by atomic mass is 16.2. The van der Waals surface area contributed by atoms with Crippen LogP contribution in [0, 0.1) is 0 Å². The zero-order chi connectivity index (χ0) is 14.7. The quantitative estimate of drug-likeness (QED) is 0.557. The molecule has 0 bridgehead atoms. The molecule has 0 saturated carbocycles. The van der Waals surface area contributed by atoms with Crippen molar-refractivity contribution >= 4 is 11.8 Å². The van der Waals surface area contributed by atoms with Crippen LogP contribution in [-0.4, -0.2) is 35.8 Å². The minimum Gasteiger partial charge on any atom is -0.370 e. The highest BCUT2D eigenvalue weighted by Crippen LogP contribution is 2.05. The third-order valence-electron chi connectivity index (χ3n) is 3.11. The molecule has 0 aliphatic carbocycles. The normalized spacial score (nSPS) is 12.2. The number of nitrogens with zero attached hydrogens (tertiary/aromatic N) is 1. The van der Waals surface area contributed by atoms with Gasteiger partial charge in [-0.15, -0.1) is 0 Å². The fraction of sp³-hybridized carbons (Fsp3) is 0.857. The van der Waals surface area contributed by atoms with Crippen molar-refractivity contribution in [3.63, 3.8) is 0 Å². The molecule has 0 saturated heterocycles.